The highest BCUT2D eigenvalue weighted by Crippen LogP contribution is 2.50. The van der Waals surface area contributed by atoms with Crippen LogP contribution >= 0.6 is 34.8 Å². The van der Waals surface area contributed by atoms with E-state index in [-0.39, 0.29) is 52.8 Å². The molecule has 0 aromatic heterocycles. The Kier molecular flexibility index (Phi) is 25.0. The molecule has 7 amide bonds. The standard InChI is InChI=1S/C78H82Cl3N9O24/c1-31(2)19-46(82)70(101)89-61-63(96)37-12-17-50(44(80)21-37)110-52-23-39-24-53(67(52)114-77-68(66(99)65(98)54(30-91)112-77)113-56-28-78(4,69(100)32(3)109-56)84-29-33-5-7-34(8-6-33)35-9-14-40(79)15-10-35)111-51-18-13-38(22-45(51)81)64(97)62-75(106)88-60(76(107)108)43-25-41(92)26-49(94)57(43)42-20-36(11-16-48(42)93)58(72(103)90-62)87-73(104)59(39)86-71(102)47(27-55(83)95)85-74(61)105/h5-18,20-26,31-32,46-47,54,56,58-66,68-69,77,84,91-94,96-100H,19,27-30,82H2,1-4H3,(H2,83,95)(H,85,105)(H,86,102)(H,87,104)(H,88,106)(H,89,101)(H,90,103)(H,107,108)/t32-,46-,47-,54+,56-,58+,59+,60-,61+,62-,63+,64+,65+,66-,68+,69+,77?,78-/m0/s1. The van der Waals surface area contributed by atoms with Crippen molar-refractivity contribution in [1.82, 2.24) is 37.2 Å². The maximum atomic E-state index is 16.2. The highest BCUT2D eigenvalue weighted by atomic mass is 35.5. The molecule has 7 aromatic carbocycles. The van der Waals surface area contributed by atoms with E-state index in [9.17, 15) is 75.0 Å². The first-order valence-electron chi connectivity index (χ1n) is 35.9. The summed E-state index contributed by atoms with van der Waals surface area (Å²) < 4.78 is 39.4. The first-order chi connectivity index (χ1) is 54.1. The number of carboxylic acids is 1. The lowest BCUT2D eigenvalue weighted by molar-refractivity contribution is -0.334. The van der Waals surface area contributed by atoms with E-state index in [2.05, 4.69) is 37.2 Å². The number of rotatable bonds is 16. The number of fused-ring (bicyclic) bond motifs is 15. The third-order valence-corrected chi connectivity index (χ3v) is 21.1. The van der Waals surface area contributed by atoms with Crippen LogP contribution in [0.4, 0.5) is 0 Å². The van der Waals surface area contributed by atoms with Gasteiger partial charge in [0.15, 0.2) is 29.9 Å². The number of carbonyl (C=O) groups is 8. The van der Waals surface area contributed by atoms with Crippen LogP contribution in [-0.2, 0) is 59.1 Å². The Morgan fingerprint density at radius 2 is 1.25 bits per heavy atom. The Bertz CT molecular complexity index is 4870. The van der Waals surface area contributed by atoms with Gasteiger partial charge in [0, 0.05) is 46.3 Å². The molecule has 0 spiro atoms. The van der Waals surface area contributed by atoms with E-state index in [1.165, 1.54) is 12.1 Å². The lowest BCUT2D eigenvalue weighted by Gasteiger charge is -2.48. The molecule has 0 radical (unpaired) electrons. The zero-order valence-corrected chi connectivity index (χ0v) is 63.3. The molecule has 604 valence electrons. The number of ether oxygens (including phenoxy) is 6. The number of benzene rings is 7. The number of carbonyl (C=O) groups excluding carboxylic acids is 7. The number of aliphatic hydroxyl groups excluding tert-OH is 6. The molecular formula is C78H82Cl3N9O24. The zero-order chi connectivity index (χ0) is 82.2. The number of hydrogen-bond acceptors (Lipinski definition) is 25. The monoisotopic (exact) mass is 1630 g/mol. The molecule has 2 fully saturated rings. The van der Waals surface area contributed by atoms with Crippen molar-refractivity contribution in [3.05, 3.63) is 176 Å². The van der Waals surface area contributed by atoms with Crippen molar-refractivity contribution in [1.29, 1.82) is 0 Å². The SMILES string of the molecule is CC(C)C[C@H](N)C(=O)N[C@H]1C(=O)N[C@@H](CC(N)=O)C(=O)N[C@H]2C(=O)N[C@H]3C(=O)N[C@H](C(=O)N[C@H](C(=O)O)c4cc(O)cc(O)c4-c4cc3ccc4O)[C@H](O)c3ccc(c(Cl)c3)Oc3cc2cc(c3OC2O[C@H](CO)[C@@H](O)[C@H](O)[C@H]2O[C@H]2C[C@](C)(NCc3ccc(-c4ccc(Cl)cc4)cc3)[C@H](O)[C@H](C)O2)Oc2ccc(cc2Cl)[C@H]1O. The molecule has 18 atom stereocenters. The first kappa shape index (κ1) is 83.0. The van der Waals surface area contributed by atoms with Crippen molar-refractivity contribution in [2.75, 3.05) is 6.61 Å². The predicted octanol–water partition coefficient (Wildman–Crippen LogP) is 4.00. The highest BCUT2D eigenvalue weighted by Gasteiger charge is 2.52. The number of nitrogens with two attached hydrogens (primary N) is 2. The molecule has 0 aliphatic carbocycles. The van der Waals surface area contributed by atoms with Gasteiger partial charge in [-0.15, -0.1) is 0 Å². The van der Waals surface area contributed by atoms with Gasteiger partial charge in [0.1, 0.15) is 89.5 Å². The number of phenols is 3. The van der Waals surface area contributed by atoms with Crippen LogP contribution in [0.2, 0.25) is 15.1 Å². The van der Waals surface area contributed by atoms with Crippen LogP contribution in [-0.4, -0.2) is 184 Å². The van der Waals surface area contributed by atoms with Gasteiger partial charge in [-0.3, -0.25) is 33.6 Å². The Hall–Kier alpha value is -10.5. The fourth-order valence-electron chi connectivity index (χ4n) is 14.2. The minimum Gasteiger partial charge on any atom is -0.508 e. The van der Waals surface area contributed by atoms with E-state index in [1.54, 1.807) is 39.8 Å². The number of aliphatic carboxylic acids is 1. The fraction of sp³-hybridized carbons (Fsp3) is 0.359. The summed E-state index contributed by atoms with van der Waals surface area (Å²) in [5.74, 6) is -16.4. The average Bonchev–Trinajstić information content (AvgIpc) is 0.770. The van der Waals surface area contributed by atoms with E-state index in [0.717, 1.165) is 83.4 Å². The summed E-state index contributed by atoms with van der Waals surface area (Å²) in [5.41, 5.74) is 10.5. The van der Waals surface area contributed by atoms with E-state index in [4.69, 9.17) is 74.7 Å². The number of halogens is 3. The van der Waals surface area contributed by atoms with Gasteiger partial charge in [0.05, 0.1) is 41.3 Å². The maximum Gasteiger partial charge on any atom is 0.330 e. The topological polar surface area (TPSA) is 530 Å². The van der Waals surface area contributed by atoms with Crippen LogP contribution in [0.3, 0.4) is 0 Å². The number of phenolic OH excluding ortho intramolecular Hbond substituents is 3. The van der Waals surface area contributed by atoms with E-state index in [0.29, 0.717) is 5.02 Å². The number of amides is 7. The lowest BCUT2D eigenvalue weighted by Crippen LogP contribution is -2.65. The van der Waals surface area contributed by atoms with E-state index >= 15 is 14.4 Å². The minimum atomic E-state index is -2.37. The summed E-state index contributed by atoms with van der Waals surface area (Å²) in [6, 6.07) is 13.8. The van der Waals surface area contributed by atoms with E-state index < -0.39 is 237 Å². The van der Waals surface area contributed by atoms with Crippen molar-refractivity contribution in [3.63, 3.8) is 0 Å². The molecule has 7 aliphatic heterocycles. The third-order valence-electron chi connectivity index (χ3n) is 20.3. The molecule has 114 heavy (non-hydrogen) atoms. The average molecular weight is 1640 g/mol. The molecule has 36 heteroatoms. The first-order valence-corrected chi connectivity index (χ1v) is 37.0. The van der Waals surface area contributed by atoms with Gasteiger partial charge in [0.2, 0.25) is 53.4 Å². The van der Waals surface area contributed by atoms with Crippen molar-refractivity contribution in [2.24, 2.45) is 17.4 Å². The van der Waals surface area contributed by atoms with Gasteiger partial charge in [-0.05, 0) is 132 Å². The minimum absolute atomic E-state index is 0.0681. The molecule has 11 bridgehead atoms. The van der Waals surface area contributed by atoms with Crippen molar-refractivity contribution < 1.29 is 118 Å². The molecule has 0 saturated carbocycles. The van der Waals surface area contributed by atoms with Crippen molar-refractivity contribution >= 4 is 82.1 Å². The molecule has 33 nitrogen and oxygen atoms in total. The molecule has 14 rings (SSSR count). The Morgan fingerprint density at radius 3 is 1.86 bits per heavy atom. The summed E-state index contributed by atoms with van der Waals surface area (Å²) in [6.07, 6.45) is -18.9. The van der Waals surface area contributed by atoms with E-state index in [1.807, 2.05) is 36.4 Å². The second-order valence-corrected chi connectivity index (χ2v) is 30.2. The number of nitrogens with one attached hydrogen (secondary N) is 7. The molecule has 2 saturated heterocycles. The zero-order valence-electron chi connectivity index (χ0n) is 61.0. The number of aromatic hydroxyl groups is 3. The summed E-state index contributed by atoms with van der Waals surface area (Å²) in [6.45, 7) is 6.02. The number of primary amides is 1. The predicted molar refractivity (Wildman–Crippen MR) is 404 cm³/mol. The van der Waals surface area contributed by atoms with Crippen LogP contribution in [0.25, 0.3) is 22.3 Å². The maximum absolute atomic E-state index is 16.2. The summed E-state index contributed by atoms with van der Waals surface area (Å²) in [5, 5.41) is 134. The van der Waals surface area contributed by atoms with Gasteiger partial charge in [0.25, 0.3) is 0 Å². The lowest BCUT2D eigenvalue weighted by atomic mass is 9.84. The van der Waals surface area contributed by atoms with Crippen LogP contribution in [0.5, 0.6) is 46.0 Å². The Balaban J connectivity index is 1.04. The van der Waals surface area contributed by atoms with Gasteiger partial charge in [-0.25, -0.2) is 4.79 Å². The summed E-state index contributed by atoms with van der Waals surface area (Å²) in [7, 11) is 0. The number of carboxylic acid groups (broad SMARTS) is 1. The van der Waals surface area contributed by atoms with Gasteiger partial charge >= 0.3 is 5.97 Å². The third kappa shape index (κ3) is 17.9. The largest absolute Gasteiger partial charge is 0.508 e. The molecule has 7 heterocycles. The molecule has 1 unspecified atom stereocenters. The van der Waals surface area contributed by atoms with Crippen molar-refractivity contribution in [3.8, 4) is 68.2 Å². The Morgan fingerprint density at radius 1 is 0.658 bits per heavy atom. The molecule has 21 N–H and O–H groups in total. The van der Waals surface area contributed by atoms with Crippen LogP contribution in [0.1, 0.15) is 111 Å². The van der Waals surface area contributed by atoms with Crippen molar-refractivity contribution in [2.45, 2.75) is 163 Å². The molecule has 7 aromatic rings. The van der Waals surface area contributed by atoms with Crippen LogP contribution in [0.15, 0.2) is 127 Å². The normalized spacial score (nSPS) is 27.4. The second kappa shape index (κ2) is 34.3. The quantitative estimate of drug-likeness (QED) is 0.0650. The summed E-state index contributed by atoms with van der Waals surface area (Å²) in [4.78, 5) is 117. The number of hydrogen-bond donors (Lipinski definition) is 19. The highest BCUT2D eigenvalue weighted by molar-refractivity contribution is 6.32. The fourth-order valence-corrected chi connectivity index (χ4v) is 14.8. The van der Waals surface area contributed by atoms with Gasteiger partial charge < -0.3 is 128 Å². The smallest absolute Gasteiger partial charge is 0.330 e. The second-order valence-electron chi connectivity index (χ2n) is 28.9. The summed E-state index contributed by atoms with van der Waals surface area (Å²) >= 11 is 20.4. The molecular weight excluding hydrogens is 1550 g/mol. The van der Waals surface area contributed by atoms with Gasteiger partial charge in [-0.1, -0.05) is 103 Å². The van der Waals surface area contributed by atoms with Gasteiger partial charge in [-0.2, -0.15) is 0 Å². The van der Waals surface area contributed by atoms with Crippen LogP contribution in [0, 0.1) is 5.92 Å². The van der Waals surface area contributed by atoms with Crippen LogP contribution < -0.4 is 62.9 Å². The number of aliphatic hydroxyl groups is 6. The molecule has 7 aliphatic rings. The Labute approximate surface area is 664 Å².